The van der Waals surface area contributed by atoms with E-state index in [0.29, 0.717) is 42.6 Å². The number of nitrogens with one attached hydrogen (secondary N) is 1. The molecule has 2 N–H and O–H groups in total. The van der Waals surface area contributed by atoms with E-state index in [9.17, 15) is 9.90 Å². The number of aromatic hydroxyl groups is 1. The maximum absolute atomic E-state index is 12.8. The van der Waals surface area contributed by atoms with Crippen LogP contribution in [-0.4, -0.2) is 20.8 Å². The molecule has 0 radical (unpaired) electrons. The number of aromatic nitrogens is 2. The minimum Gasteiger partial charge on any atom is -0.493 e. The highest BCUT2D eigenvalue weighted by Crippen LogP contribution is 2.24. The van der Waals surface area contributed by atoms with Crippen molar-refractivity contribution in [2.24, 2.45) is 5.92 Å². The Bertz CT molecular complexity index is 873. The summed E-state index contributed by atoms with van der Waals surface area (Å²) in [6, 6.07) is 7.13. The van der Waals surface area contributed by atoms with Gasteiger partial charge in [-0.05, 0) is 30.0 Å². The Kier molecular flexibility index (Phi) is 6.85. The molecular formula is C21H27N3O3. The van der Waals surface area contributed by atoms with Gasteiger partial charge >= 0.3 is 5.69 Å². The summed E-state index contributed by atoms with van der Waals surface area (Å²) < 4.78 is 2.87. The van der Waals surface area contributed by atoms with Gasteiger partial charge in [0.05, 0.1) is 23.7 Å². The molecule has 144 valence electrons. The molecule has 1 heterocycles. The highest BCUT2D eigenvalue weighted by Gasteiger charge is 2.20. The van der Waals surface area contributed by atoms with Crippen LogP contribution in [0.25, 0.3) is 11.4 Å². The Morgan fingerprint density at radius 1 is 1.26 bits per heavy atom. The number of benzene rings is 1. The molecule has 0 amide bonds. The number of hydrogen-bond donors (Lipinski definition) is 2. The molecule has 1 aromatic carbocycles. The lowest BCUT2D eigenvalue weighted by Crippen LogP contribution is -2.24. The molecule has 0 spiro atoms. The summed E-state index contributed by atoms with van der Waals surface area (Å²) in [6.45, 7) is 16.0. The molecular weight excluding hydrogens is 342 g/mol. The van der Waals surface area contributed by atoms with E-state index < -0.39 is 0 Å². The average molecular weight is 369 g/mol. The number of nitrogens with zero attached hydrogens (tertiary/aromatic N) is 2. The molecule has 0 aliphatic rings. The van der Waals surface area contributed by atoms with E-state index in [2.05, 4.69) is 25.2 Å². The van der Waals surface area contributed by atoms with Gasteiger partial charge in [-0.3, -0.25) is 14.9 Å². The van der Waals surface area contributed by atoms with Gasteiger partial charge < -0.3 is 5.11 Å². The van der Waals surface area contributed by atoms with Crippen molar-refractivity contribution in [1.82, 2.24) is 14.6 Å². The topological polar surface area (TPSA) is 68.4 Å². The number of hydroxylamine groups is 1. The number of rotatable bonds is 10. The van der Waals surface area contributed by atoms with Crippen molar-refractivity contribution in [3.05, 3.63) is 77.9 Å². The summed E-state index contributed by atoms with van der Waals surface area (Å²) in [6.07, 6.45) is 3.87. The second-order valence-electron chi connectivity index (χ2n) is 6.61. The third-order valence-electron chi connectivity index (χ3n) is 4.00. The Balaban J connectivity index is 2.37. The maximum atomic E-state index is 12.8. The predicted octanol–water partition coefficient (Wildman–Crippen LogP) is 3.41. The highest BCUT2D eigenvalue weighted by atomic mass is 16.6. The van der Waals surface area contributed by atoms with E-state index in [0.717, 1.165) is 5.56 Å². The normalized spacial score (nSPS) is 10.8. The Labute approximate surface area is 159 Å². The van der Waals surface area contributed by atoms with Gasteiger partial charge in [-0.15, -0.1) is 13.2 Å². The first kappa shape index (κ1) is 20.3. The maximum Gasteiger partial charge on any atom is 0.336 e. The molecule has 1 aromatic heterocycles. The van der Waals surface area contributed by atoms with E-state index in [1.165, 1.54) is 4.57 Å². The molecule has 2 aromatic rings. The van der Waals surface area contributed by atoms with Crippen LogP contribution in [0.2, 0.25) is 0 Å². The van der Waals surface area contributed by atoms with Gasteiger partial charge in [-0.25, -0.2) is 9.36 Å². The average Bonchev–Trinajstić information content (AvgIpc) is 2.86. The fourth-order valence-corrected chi connectivity index (χ4v) is 2.77. The van der Waals surface area contributed by atoms with E-state index in [1.807, 2.05) is 13.8 Å². The third-order valence-corrected chi connectivity index (χ3v) is 4.00. The Morgan fingerprint density at radius 3 is 2.48 bits per heavy atom. The Hall–Kier alpha value is -2.99. The predicted molar refractivity (Wildman–Crippen MR) is 109 cm³/mol. The van der Waals surface area contributed by atoms with Crippen molar-refractivity contribution in [1.29, 1.82) is 0 Å². The smallest absolute Gasteiger partial charge is 0.336 e. The van der Waals surface area contributed by atoms with Crippen molar-refractivity contribution < 1.29 is 9.94 Å². The van der Waals surface area contributed by atoms with Crippen LogP contribution in [-0.2, 0) is 17.8 Å². The number of hydrogen-bond acceptors (Lipinski definition) is 4. The second-order valence-corrected chi connectivity index (χ2v) is 6.61. The quantitative estimate of drug-likeness (QED) is 0.383. The summed E-state index contributed by atoms with van der Waals surface area (Å²) in [7, 11) is 0. The zero-order chi connectivity index (χ0) is 20.0. The summed E-state index contributed by atoms with van der Waals surface area (Å²) in [4.78, 5) is 18.0. The highest BCUT2D eigenvalue weighted by molar-refractivity contribution is 5.62. The van der Waals surface area contributed by atoms with Gasteiger partial charge in [0.15, 0.2) is 0 Å². The molecule has 6 heteroatoms. The molecule has 0 saturated carbocycles. The van der Waals surface area contributed by atoms with Gasteiger partial charge in [0.2, 0.25) is 5.88 Å². The van der Waals surface area contributed by atoms with Gasteiger partial charge in [0, 0.05) is 6.54 Å². The number of imidazole rings is 1. The molecule has 27 heavy (non-hydrogen) atoms. The van der Waals surface area contributed by atoms with Crippen LogP contribution in [0.1, 0.15) is 25.1 Å². The molecule has 0 unspecified atom stereocenters. The fraction of sp³-hybridized carbons (Fsp3) is 0.286. The lowest BCUT2D eigenvalue weighted by Gasteiger charge is -2.10. The minimum atomic E-state index is -0.290. The standard InChI is InChI=1S/C21H27N3O3/c1-6-12-23-19(14-15(3)4)20(25)24(21(23)26)18-10-8-17(9-11-18)16(5)22-27-13-7-2/h6-11,15,22,25H,1-2,5,12-14H2,3-4H3. The Morgan fingerprint density at radius 2 is 1.93 bits per heavy atom. The second kappa shape index (κ2) is 9.09. The van der Waals surface area contributed by atoms with Crippen LogP contribution in [0.15, 0.2) is 60.9 Å². The zero-order valence-electron chi connectivity index (χ0n) is 15.9. The molecule has 0 aliphatic heterocycles. The molecule has 2 rings (SSSR count). The largest absolute Gasteiger partial charge is 0.493 e. The van der Waals surface area contributed by atoms with Crippen LogP contribution in [0.3, 0.4) is 0 Å². The molecule has 0 fully saturated rings. The van der Waals surface area contributed by atoms with Crippen molar-refractivity contribution in [3.63, 3.8) is 0 Å². The zero-order valence-corrected chi connectivity index (χ0v) is 15.9. The lowest BCUT2D eigenvalue weighted by molar-refractivity contribution is 0.104. The number of allylic oxidation sites excluding steroid dienone is 1. The summed E-state index contributed by atoms with van der Waals surface area (Å²) >= 11 is 0. The van der Waals surface area contributed by atoms with Crippen LogP contribution in [0.5, 0.6) is 5.88 Å². The molecule has 6 nitrogen and oxygen atoms in total. The first-order valence-corrected chi connectivity index (χ1v) is 8.83. The third kappa shape index (κ3) is 4.60. The van der Waals surface area contributed by atoms with E-state index >= 15 is 0 Å². The summed E-state index contributed by atoms with van der Waals surface area (Å²) in [5.74, 6) is 0.268. The summed E-state index contributed by atoms with van der Waals surface area (Å²) in [5.41, 5.74) is 5.03. The van der Waals surface area contributed by atoms with E-state index in [4.69, 9.17) is 4.84 Å². The monoisotopic (exact) mass is 369 g/mol. The van der Waals surface area contributed by atoms with Crippen molar-refractivity contribution >= 4 is 5.70 Å². The van der Waals surface area contributed by atoms with Crippen molar-refractivity contribution in [2.75, 3.05) is 6.61 Å². The molecule has 0 saturated heterocycles. The SMILES string of the molecule is C=CCONC(=C)c1ccc(-n2c(O)c(CC(C)C)n(CC=C)c2=O)cc1. The van der Waals surface area contributed by atoms with Gasteiger partial charge in [-0.2, -0.15) is 0 Å². The first-order chi connectivity index (χ1) is 12.9. The van der Waals surface area contributed by atoms with Gasteiger partial charge in [0.25, 0.3) is 0 Å². The van der Waals surface area contributed by atoms with Crippen LogP contribution in [0.4, 0.5) is 0 Å². The van der Waals surface area contributed by atoms with E-state index in [-0.39, 0.29) is 11.6 Å². The molecule has 0 bridgehead atoms. The van der Waals surface area contributed by atoms with Crippen molar-refractivity contribution in [3.8, 4) is 11.6 Å². The summed E-state index contributed by atoms with van der Waals surface area (Å²) in [5, 5.41) is 10.7. The minimum absolute atomic E-state index is 0.0328. The molecule has 0 atom stereocenters. The van der Waals surface area contributed by atoms with Gasteiger partial charge in [0.1, 0.15) is 0 Å². The van der Waals surface area contributed by atoms with Crippen LogP contribution < -0.4 is 11.2 Å². The molecule has 0 aliphatic carbocycles. The lowest BCUT2D eigenvalue weighted by atomic mass is 10.1. The first-order valence-electron chi connectivity index (χ1n) is 8.83. The fourth-order valence-electron chi connectivity index (χ4n) is 2.77. The van der Waals surface area contributed by atoms with Gasteiger partial charge in [-0.1, -0.05) is 44.7 Å². The van der Waals surface area contributed by atoms with Crippen LogP contribution in [0, 0.1) is 5.92 Å². The van der Waals surface area contributed by atoms with E-state index in [1.54, 1.807) is 41.0 Å². The van der Waals surface area contributed by atoms with Crippen molar-refractivity contribution in [2.45, 2.75) is 26.8 Å². The van der Waals surface area contributed by atoms with Crippen LogP contribution >= 0.6 is 0 Å².